The number of para-hydroxylation sites is 1. The van der Waals surface area contributed by atoms with Crippen molar-refractivity contribution in [2.75, 3.05) is 13.7 Å². The molecular formula is C18H17N3O3. The summed E-state index contributed by atoms with van der Waals surface area (Å²) >= 11 is 0. The molecule has 6 nitrogen and oxygen atoms in total. The molecule has 0 unspecified atom stereocenters. The van der Waals surface area contributed by atoms with E-state index in [-0.39, 0.29) is 6.61 Å². The van der Waals surface area contributed by atoms with E-state index in [1.807, 2.05) is 30.3 Å². The van der Waals surface area contributed by atoms with Crippen LogP contribution in [0, 0.1) is 11.3 Å². The number of nitrogens with zero attached hydrogens (tertiary/aromatic N) is 2. The Bertz CT molecular complexity index is 777. The molecule has 0 aliphatic rings. The number of carbonyl (C=O) groups excluding carboxylic acids is 1. The quantitative estimate of drug-likeness (QED) is 0.654. The van der Waals surface area contributed by atoms with Crippen LogP contribution in [0.2, 0.25) is 0 Å². The minimum absolute atomic E-state index is 0.224. The number of nitriles is 1. The second-order valence-corrected chi connectivity index (χ2v) is 4.86. The molecule has 0 saturated carbocycles. The Kier molecular flexibility index (Phi) is 5.92. The highest BCUT2D eigenvalue weighted by Gasteiger charge is 2.06. The Morgan fingerprint density at radius 1 is 1.21 bits per heavy atom. The first-order chi connectivity index (χ1) is 11.6. The van der Waals surface area contributed by atoms with Gasteiger partial charge < -0.3 is 9.47 Å². The van der Waals surface area contributed by atoms with Crippen molar-refractivity contribution < 1.29 is 14.3 Å². The summed E-state index contributed by atoms with van der Waals surface area (Å²) in [4.78, 5) is 11.8. The van der Waals surface area contributed by atoms with Crippen LogP contribution in [0.25, 0.3) is 0 Å². The van der Waals surface area contributed by atoms with Gasteiger partial charge in [0.1, 0.15) is 17.6 Å². The van der Waals surface area contributed by atoms with Crippen LogP contribution in [-0.2, 0) is 4.79 Å². The van der Waals surface area contributed by atoms with Crippen LogP contribution in [-0.4, -0.2) is 25.3 Å². The number of nitrogens with one attached hydrogen (secondary N) is 1. The monoisotopic (exact) mass is 323 g/mol. The Balaban J connectivity index is 1.91. The highest BCUT2D eigenvalue weighted by Crippen LogP contribution is 2.16. The van der Waals surface area contributed by atoms with Crippen LogP contribution < -0.4 is 14.9 Å². The lowest BCUT2D eigenvalue weighted by Gasteiger charge is -2.07. The largest absolute Gasteiger partial charge is 0.497 e. The Hall–Kier alpha value is -3.33. The molecule has 0 aromatic heterocycles. The number of rotatable bonds is 6. The molecular weight excluding hydrogens is 306 g/mol. The summed E-state index contributed by atoms with van der Waals surface area (Å²) < 4.78 is 10.4. The predicted octanol–water partition coefficient (Wildman–Crippen LogP) is 2.49. The fourth-order valence-electron chi connectivity index (χ4n) is 1.90. The number of hydrogen-bond acceptors (Lipinski definition) is 5. The molecule has 0 aliphatic carbocycles. The minimum Gasteiger partial charge on any atom is -0.497 e. The van der Waals surface area contributed by atoms with Crippen LogP contribution in [0.3, 0.4) is 0 Å². The highest BCUT2D eigenvalue weighted by molar-refractivity contribution is 5.99. The first-order valence-electron chi connectivity index (χ1n) is 7.23. The van der Waals surface area contributed by atoms with E-state index in [1.165, 1.54) is 0 Å². The molecule has 1 amide bonds. The second kappa shape index (κ2) is 8.34. The second-order valence-electron chi connectivity index (χ2n) is 4.86. The van der Waals surface area contributed by atoms with Crippen LogP contribution in [0.5, 0.6) is 11.5 Å². The van der Waals surface area contributed by atoms with Gasteiger partial charge in [0, 0.05) is 0 Å². The van der Waals surface area contributed by atoms with Crippen molar-refractivity contribution in [1.29, 1.82) is 5.26 Å². The summed E-state index contributed by atoms with van der Waals surface area (Å²) in [6, 6.07) is 16.1. The summed E-state index contributed by atoms with van der Waals surface area (Å²) in [5, 5.41) is 13.0. The number of hydrogen-bond donors (Lipinski definition) is 1. The van der Waals surface area contributed by atoms with Crippen LogP contribution in [0.1, 0.15) is 18.1 Å². The van der Waals surface area contributed by atoms with E-state index in [2.05, 4.69) is 10.5 Å². The number of benzene rings is 2. The lowest BCUT2D eigenvalue weighted by Crippen LogP contribution is -2.25. The third-order valence-corrected chi connectivity index (χ3v) is 3.22. The lowest BCUT2D eigenvalue weighted by atomic mass is 10.1. The third-order valence-electron chi connectivity index (χ3n) is 3.22. The molecule has 0 atom stereocenters. The number of amides is 1. The van der Waals surface area contributed by atoms with E-state index < -0.39 is 5.91 Å². The molecule has 0 spiro atoms. The molecule has 6 heteroatoms. The SMILES string of the molecule is COc1ccc(/C(C)=N/NC(=O)COc2ccccc2C#N)cc1. The number of hydrazone groups is 1. The highest BCUT2D eigenvalue weighted by atomic mass is 16.5. The zero-order chi connectivity index (χ0) is 17.4. The summed E-state index contributed by atoms with van der Waals surface area (Å²) in [5.41, 5.74) is 4.33. The topological polar surface area (TPSA) is 83.7 Å². The van der Waals surface area contributed by atoms with Gasteiger partial charge in [-0.3, -0.25) is 4.79 Å². The van der Waals surface area contributed by atoms with E-state index in [0.29, 0.717) is 17.0 Å². The van der Waals surface area contributed by atoms with Crippen LogP contribution >= 0.6 is 0 Å². The molecule has 2 aromatic rings. The Morgan fingerprint density at radius 2 is 1.92 bits per heavy atom. The van der Waals surface area contributed by atoms with E-state index >= 15 is 0 Å². The van der Waals surface area contributed by atoms with Crippen LogP contribution in [0.15, 0.2) is 53.6 Å². The van der Waals surface area contributed by atoms with Gasteiger partial charge in [-0.05, 0) is 48.9 Å². The van der Waals surface area contributed by atoms with E-state index in [9.17, 15) is 4.79 Å². The van der Waals surface area contributed by atoms with Crippen molar-refractivity contribution in [2.24, 2.45) is 5.10 Å². The van der Waals surface area contributed by atoms with Crippen molar-refractivity contribution in [3.8, 4) is 17.6 Å². The van der Waals surface area contributed by atoms with Crippen LogP contribution in [0.4, 0.5) is 0 Å². The molecule has 0 aliphatic heterocycles. The fourth-order valence-corrected chi connectivity index (χ4v) is 1.90. The zero-order valence-corrected chi connectivity index (χ0v) is 13.4. The maximum Gasteiger partial charge on any atom is 0.277 e. The van der Waals surface area contributed by atoms with Crippen molar-refractivity contribution >= 4 is 11.6 Å². The number of ether oxygens (including phenoxy) is 2. The van der Waals surface area contributed by atoms with Gasteiger partial charge in [-0.25, -0.2) is 5.43 Å². The van der Waals surface area contributed by atoms with Crippen molar-refractivity contribution in [2.45, 2.75) is 6.92 Å². The summed E-state index contributed by atoms with van der Waals surface area (Å²) in [7, 11) is 1.60. The van der Waals surface area contributed by atoms with Gasteiger partial charge in [0.25, 0.3) is 5.91 Å². The molecule has 122 valence electrons. The fraction of sp³-hybridized carbons (Fsp3) is 0.167. The molecule has 0 radical (unpaired) electrons. The van der Waals surface area contributed by atoms with Crippen molar-refractivity contribution in [3.05, 3.63) is 59.7 Å². The van der Waals surface area contributed by atoms with E-state index in [1.54, 1.807) is 38.3 Å². The first kappa shape index (κ1) is 17.0. The van der Waals surface area contributed by atoms with Gasteiger partial charge in [0.15, 0.2) is 6.61 Å². The smallest absolute Gasteiger partial charge is 0.277 e. The molecule has 24 heavy (non-hydrogen) atoms. The number of carbonyl (C=O) groups is 1. The summed E-state index contributed by atoms with van der Waals surface area (Å²) in [5.74, 6) is 0.710. The van der Waals surface area contributed by atoms with Gasteiger partial charge in [-0.1, -0.05) is 12.1 Å². The van der Waals surface area contributed by atoms with Crippen molar-refractivity contribution in [3.63, 3.8) is 0 Å². The maximum absolute atomic E-state index is 11.8. The molecule has 0 saturated heterocycles. The normalized spacial score (nSPS) is 10.6. The molecule has 1 N–H and O–H groups in total. The summed E-state index contributed by atoms with van der Waals surface area (Å²) in [6.07, 6.45) is 0. The standard InChI is InChI=1S/C18H17N3O3/c1-13(14-7-9-16(23-2)10-8-14)20-21-18(22)12-24-17-6-4-3-5-15(17)11-19/h3-10H,12H2,1-2H3,(H,21,22)/b20-13+. The molecule has 2 rings (SSSR count). The average Bonchev–Trinajstić information content (AvgIpc) is 2.64. The molecule has 2 aromatic carbocycles. The molecule has 0 heterocycles. The first-order valence-corrected chi connectivity index (χ1v) is 7.23. The van der Waals surface area contributed by atoms with Gasteiger partial charge in [-0.15, -0.1) is 0 Å². The Labute approximate surface area is 140 Å². The summed E-state index contributed by atoms with van der Waals surface area (Å²) in [6.45, 7) is 1.56. The van der Waals surface area contributed by atoms with Gasteiger partial charge in [0.05, 0.1) is 18.4 Å². The Morgan fingerprint density at radius 3 is 2.58 bits per heavy atom. The van der Waals surface area contributed by atoms with Gasteiger partial charge in [0.2, 0.25) is 0 Å². The molecule has 0 bridgehead atoms. The van der Waals surface area contributed by atoms with Gasteiger partial charge in [-0.2, -0.15) is 10.4 Å². The van der Waals surface area contributed by atoms with E-state index in [0.717, 1.165) is 11.3 Å². The molecule has 0 fully saturated rings. The van der Waals surface area contributed by atoms with E-state index in [4.69, 9.17) is 14.7 Å². The third kappa shape index (κ3) is 4.58. The number of methoxy groups -OCH3 is 1. The zero-order valence-electron chi connectivity index (χ0n) is 13.4. The average molecular weight is 323 g/mol. The van der Waals surface area contributed by atoms with Gasteiger partial charge >= 0.3 is 0 Å². The minimum atomic E-state index is -0.407. The lowest BCUT2D eigenvalue weighted by molar-refractivity contribution is -0.123. The predicted molar refractivity (Wildman–Crippen MR) is 90.0 cm³/mol. The maximum atomic E-state index is 11.8. The van der Waals surface area contributed by atoms with Crippen molar-refractivity contribution in [1.82, 2.24) is 5.43 Å².